The Hall–Kier alpha value is -3.24. The number of methoxy groups -OCH3 is 2. The normalized spacial score (nSPS) is 10.4. The number of nitriles is 1. The largest absolute Gasteiger partial charge is 0.493 e. The highest BCUT2D eigenvalue weighted by Gasteiger charge is 2.14. The molecule has 0 atom stereocenters. The van der Waals surface area contributed by atoms with Gasteiger partial charge in [0.05, 0.1) is 31.1 Å². The first-order valence-electron chi connectivity index (χ1n) is 8.92. The Labute approximate surface area is 173 Å². The van der Waals surface area contributed by atoms with E-state index in [1.54, 1.807) is 32.4 Å². The zero-order chi connectivity index (χ0) is 21.0. The number of fused-ring (bicyclic) bond motifs is 1. The van der Waals surface area contributed by atoms with Gasteiger partial charge in [-0.2, -0.15) is 5.26 Å². The van der Waals surface area contributed by atoms with Gasteiger partial charge in [0.15, 0.2) is 11.5 Å². The van der Waals surface area contributed by atoms with Gasteiger partial charge in [0.2, 0.25) is 5.91 Å². The van der Waals surface area contributed by atoms with Crippen molar-refractivity contribution in [3.05, 3.63) is 53.1 Å². The number of carbonyl (C=O) groups excluding carboxylic acids is 1. The Morgan fingerprint density at radius 1 is 1.14 bits per heavy atom. The number of aryl methyl sites for hydroxylation is 2. The van der Waals surface area contributed by atoms with Crippen LogP contribution in [0.3, 0.4) is 0 Å². The summed E-state index contributed by atoms with van der Waals surface area (Å²) in [6, 6.07) is 13.3. The van der Waals surface area contributed by atoms with E-state index in [0.29, 0.717) is 27.6 Å². The molecule has 1 N–H and O–H groups in total. The summed E-state index contributed by atoms with van der Waals surface area (Å²) < 4.78 is 10.6. The van der Waals surface area contributed by atoms with Gasteiger partial charge in [-0.3, -0.25) is 4.79 Å². The maximum atomic E-state index is 12.5. The molecule has 3 aromatic rings. The Kier molecular flexibility index (Phi) is 6.25. The predicted octanol–water partition coefficient (Wildman–Crippen LogP) is 4.47. The van der Waals surface area contributed by atoms with E-state index in [9.17, 15) is 10.1 Å². The number of hydrogen-bond acceptors (Lipinski definition) is 6. The van der Waals surface area contributed by atoms with Gasteiger partial charge >= 0.3 is 0 Å². The quantitative estimate of drug-likeness (QED) is 0.607. The number of amides is 1. The average molecular weight is 407 g/mol. The van der Waals surface area contributed by atoms with Gasteiger partial charge in [0, 0.05) is 17.1 Å². The standard InChI is InChI=1S/C22H21N3O3S/c1-13-6-5-7-14(2)21(13)25-20(26)12-29-22-16(11-23)8-15-9-18(27-3)19(28-4)10-17(15)24-22/h5-10H,12H2,1-4H3,(H,25,26). The molecule has 0 fully saturated rings. The van der Waals surface area contributed by atoms with Crippen molar-refractivity contribution in [2.45, 2.75) is 18.9 Å². The number of nitrogens with zero attached hydrogens (tertiary/aromatic N) is 2. The Morgan fingerprint density at radius 3 is 2.41 bits per heavy atom. The first-order chi connectivity index (χ1) is 14.0. The Bertz CT molecular complexity index is 1100. The Morgan fingerprint density at radius 2 is 1.79 bits per heavy atom. The lowest BCUT2D eigenvalue weighted by molar-refractivity contribution is -0.113. The highest BCUT2D eigenvalue weighted by Crippen LogP contribution is 2.33. The van der Waals surface area contributed by atoms with Crippen molar-refractivity contribution < 1.29 is 14.3 Å². The number of thioether (sulfide) groups is 1. The number of para-hydroxylation sites is 1. The summed E-state index contributed by atoms with van der Waals surface area (Å²) in [6.45, 7) is 3.91. The number of ether oxygens (including phenoxy) is 2. The second-order valence-corrected chi connectivity index (χ2v) is 7.42. The topological polar surface area (TPSA) is 84.2 Å². The highest BCUT2D eigenvalue weighted by molar-refractivity contribution is 8.00. The molecular formula is C22H21N3O3S. The lowest BCUT2D eigenvalue weighted by Gasteiger charge is -2.12. The molecule has 1 amide bonds. The number of carbonyl (C=O) groups is 1. The minimum absolute atomic E-state index is 0.147. The van der Waals surface area contributed by atoms with Crippen molar-refractivity contribution in [2.75, 3.05) is 25.3 Å². The molecule has 1 heterocycles. The van der Waals surface area contributed by atoms with Gasteiger partial charge in [-0.1, -0.05) is 30.0 Å². The summed E-state index contributed by atoms with van der Waals surface area (Å²) in [4.78, 5) is 17.0. The van der Waals surface area contributed by atoms with E-state index in [1.807, 2.05) is 32.0 Å². The number of pyridine rings is 1. The van der Waals surface area contributed by atoms with Gasteiger partial charge < -0.3 is 14.8 Å². The summed E-state index contributed by atoms with van der Waals surface area (Å²) >= 11 is 1.23. The van der Waals surface area contributed by atoms with E-state index < -0.39 is 0 Å². The summed E-state index contributed by atoms with van der Waals surface area (Å²) in [5.41, 5.74) is 3.91. The molecule has 0 saturated carbocycles. The predicted molar refractivity (Wildman–Crippen MR) is 115 cm³/mol. The van der Waals surface area contributed by atoms with Crippen LogP contribution in [-0.2, 0) is 4.79 Å². The summed E-state index contributed by atoms with van der Waals surface area (Å²) in [7, 11) is 3.11. The third kappa shape index (κ3) is 4.44. The Balaban J connectivity index is 1.83. The van der Waals surface area contributed by atoms with Crippen LogP contribution in [0.5, 0.6) is 11.5 Å². The van der Waals surface area contributed by atoms with Crippen LogP contribution in [0, 0.1) is 25.2 Å². The molecule has 148 valence electrons. The summed E-state index contributed by atoms with van der Waals surface area (Å²) in [5, 5.41) is 13.7. The van der Waals surface area contributed by atoms with Gasteiger partial charge in [0.25, 0.3) is 0 Å². The van der Waals surface area contributed by atoms with Crippen molar-refractivity contribution in [3.8, 4) is 17.6 Å². The molecule has 0 aliphatic heterocycles. The van der Waals surface area contributed by atoms with Gasteiger partial charge in [0.1, 0.15) is 11.1 Å². The SMILES string of the molecule is COc1cc2cc(C#N)c(SCC(=O)Nc3c(C)cccc3C)nc2cc1OC. The average Bonchev–Trinajstić information content (AvgIpc) is 2.73. The maximum absolute atomic E-state index is 12.5. The lowest BCUT2D eigenvalue weighted by Crippen LogP contribution is -2.16. The number of rotatable bonds is 6. The molecule has 0 aliphatic carbocycles. The number of hydrogen-bond donors (Lipinski definition) is 1. The van der Waals surface area contributed by atoms with Gasteiger partial charge in [-0.05, 0) is 37.1 Å². The van der Waals surface area contributed by atoms with Crippen LogP contribution in [0.2, 0.25) is 0 Å². The fourth-order valence-electron chi connectivity index (χ4n) is 2.99. The van der Waals surface area contributed by atoms with E-state index in [4.69, 9.17) is 9.47 Å². The third-order valence-electron chi connectivity index (χ3n) is 4.49. The molecule has 0 spiro atoms. The fraction of sp³-hybridized carbons (Fsp3) is 0.227. The fourth-order valence-corrected chi connectivity index (χ4v) is 3.76. The zero-order valence-corrected chi connectivity index (χ0v) is 17.5. The molecule has 1 aromatic heterocycles. The van der Waals surface area contributed by atoms with Crippen molar-refractivity contribution in [2.24, 2.45) is 0 Å². The minimum Gasteiger partial charge on any atom is -0.493 e. The number of benzene rings is 2. The van der Waals surface area contributed by atoms with Crippen LogP contribution in [0.15, 0.2) is 41.4 Å². The van der Waals surface area contributed by atoms with Crippen LogP contribution in [0.25, 0.3) is 10.9 Å². The zero-order valence-electron chi connectivity index (χ0n) is 16.7. The van der Waals surface area contributed by atoms with Crippen LogP contribution in [0.1, 0.15) is 16.7 Å². The van der Waals surface area contributed by atoms with E-state index >= 15 is 0 Å². The molecule has 3 rings (SSSR count). The number of aromatic nitrogens is 1. The molecule has 7 heteroatoms. The van der Waals surface area contributed by atoms with E-state index in [2.05, 4.69) is 16.4 Å². The van der Waals surface area contributed by atoms with Crippen molar-refractivity contribution in [1.29, 1.82) is 5.26 Å². The monoisotopic (exact) mass is 407 g/mol. The molecular weight excluding hydrogens is 386 g/mol. The first-order valence-corrected chi connectivity index (χ1v) is 9.91. The van der Waals surface area contributed by atoms with Crippen LogP contribution >= 0.6 is 11.8 Å². The molecule has 0 bridgehead atoms. The van der Waals surface area contributed by atoms with Crippen LogP contribution in [0.4, 0.5) is 5.69 Å². The lowest BCUT2D eigenvalue weighted by atomic mass is 10.1. The second kappa shape index (κ2) is 8.84. The number of anilines is 1. The summed E-state index contributed by atoms with van der Waals surface area (Å²) in [5.74, 6) is 1.12. The number of nitrogens with one attached hydrogen (secondary N) is 1. The van der Waals surface area contributed by atoms with Crippen LogP contribution in [-0.4, -0.2) is 30.9 Å². The van der Waals surface area contributed by atoms with E-state index in [0.717, 1.165) is 22.2 Å². The third-order valence-corrected chi connectivity index (χ3v) is 5.48. The van der Waals surface area contributed by atoms with E-state index in [1.165, 1.54) is 11.8 Å². The van der Waals surface area contributed by atoms with Crippen LogP contribution < -0.4 is 14.8 Å². The molecule has 29 heavy (non-hydrogen) atoms. The molecule has 0 radical (unpaired) electrons. The summed E-state index contributed by atoms with van der Waals surface area (Å²) in [6.07, 6.45) is 0. The molecule has 6 nitrogen and oxygen atoms in total. The van der Waals surface area contributed by atoms with E-state index in [-0.39, 0.29) is 11.7 Å². The molecule has 0 saturated heterocycles. The maximum Gasteiger partial charge on any atom is 0.234 e. The second-order valence-electron chi connectivity index (χ2n) is 6.46. The first kappa shape index (κ1) is 20.5. The highest BCUT2D eigenvalue weighted by atomic mass is 32.2. The van der Waals surface area contributed by atoms with Gasteiger partial charge in [-0.25, -0.2) is 4.98 Å². The molecule has 0 unspecified atom stereocenters. The van der Waals surface area contributed by atoms with Crippen molar-refractivity contribution in [3.63, 3.8) is 0 Å². The van der Waals surface area contributed by atoms with Crippen molar-refractivity contribution in [1.82, 2.24) is 4.98 Å². The molecule has 0 aliphatic rings. The van der Waals surface area contributed by atoms with Crippen molar-refractivity contribution >= 4 is 34.3 Å². The van der Waals surface area contributed by atoms with Gasteiger partial charge in [-0.15, -0.1) is 0 Å². The smallest absolute Gasteiger partial charge is 0.234 e. The molecule has 2 aromatic carbocycles. The minimum atomic E-state index is -0.148.